The number of hydrogen-bond acceptors (Lipinski definition) is 4. The van der Waals surface area contributed by atoms with Gasteiger partial charge in [-0.05, 0) is 25.0 Å². The minimum absolute atomic E-state index is 0.0959. The van der Waals surface area contributed by atoms with E-state index >= 15 is 0 Å². The lowest BCUT2D eigenvalue weighted by molar-refractivity contribution is -0.133. The van der Waals surface area contributed by atoms with E-state index in [9.17, 15) is 17.6 Å². The minimum Gasteiger partial charge on any atom is -0.493 e. The van der Waals surface area contributed by atoms with E-state index in [2.05, 4.69) is 4.72 Å². The SMILES string of the molecule is CS(=O)(=O)N[C@H]1CCCN(C(=O)CCOc2cccc(F)c2)C1. The van der Waals surface area contributed by atoms with Crippen molar-refractivity contribution < 1.29 is 22.3 Å². The van der Waals surface area contributed by atoms with Crippen LogP contribution in [0.1, 0.15) is 19.3 Å². The molecule has 1 amide bonds. The highest BCUT2D eigenvalue weighted by atomic mass is 32.2. The highest BCUT2D eigenvalue weighted by Crippen LogP contribution is 2.14. The normalized spacial score (nSPS) is 18.7. The lowest BCUT2D eigenvalue weighted by Crippen LogP contribution is -2.49. The monoisotopic (exact) mass is 344 g/mol. The fraction of sp³-hybridized carbons (Fsp3) is 0.533. The first-order valence-corrected chi connectivity index (χ1v) is 9.36. The number of rotatable bonds is 6. The number of carbonyl (C=O) groups is 1. The van der Waals surface area contributed by atoms with Crippen molar-refractivity contribution in [2.45, 2.75) is 25.3 Å². The molecule has 8 heteroatoms. The van der Waals surface area contributed by atoms with Crippen LogP contribution in [-0.2, 0) is 14.8 Å². The summed E-state index contributed by atoms with van der Waals surface area (Å²) < 4.78 is 43.4. The third kappa shape index (κ3) is 6.15. The summed E-state index contributed by atoms with van der Waals surface area (Å²) in [5, 5.41) is 0. The summed E-state index contributed by atoms with van der Waals surface area (Å²) in [6.07, 6.45) is 2.75. The zero-order valence-corrected chi connectivity index (χ0v) is 13.8. The number of amides is 1. The van der Waals surface area contributed by atoms with E-state index in [-0.39, 0.29) is 30.8 Å². The molecule has 1 aromatic carbocycles. The first kappa shape index (κ1) is 17.7. The van der Waals surface area contributed by atoms with Gasteiger partial charge in [-0.3, -0.25) is 4.79 Å². The Hall–Kier alpha value is -1.67. The molecule has 2 rings (SSSR count). The third-order valence-corrected chi connectivity index (χ3v) is 4.30. The van der Waals surface area contributed by atoms with Gasteiger partial charge >= 0.3 is 0 Å². The van der Waals surface area contributed by atoms with Crippen LogP contribution in [0.15, 0.2) is 24.3 Å². The fourth-order valence-corrected chi connectivity index (χ4v) is 3.37. The number of sulfonamides is 1. The molecular weight excluding hydrogens is 323 g/mol. The van der Waals surface area contributed by atoms with E-state index < -0.39 is 10.0 Å². The number of nitrogens with zero attached hydrogens (tertiary/aromatic N) is 1. The smallest absolute Gasteiger partial charge is 0.226 e. The molecule has 1 fully saturated rings. The first-order chi connectivity index (χ1) is 10.8. The highest BCUT2D eigenvalue weighted by molar-refractivity contribution is 7.88. The van der Waals surface area contributed by atoms with Gasteiger partial charge in [0.15, 0.2) is 0 Å². The Balaban J connectivity index is 1.78. The van der Waals surface area contributed by atoms with Gasteiger partial charge in [-0.1, -0.05) is 6.07 Å². The number of likely N-dealkylation sites (tertiary alicyclic amines) is 1. The summed E-state index contributed by atoms with van der Waals surface area (Å²) in [7, 11) is -3.28. The number of ether oxygens (including phenoxy) is 1. The minimum atomic E-state index is -3.28. The Kier molecular flexibility index (Phi) is 5.95. The van der Waals surface area contributed by atoms with Crippen LogP contribution in [0.25, 0.3) is 0 Å². The van der Waals surface area contributed by atoms with Gasteiger partial charge in [0.05, 0.1) is 19.3 Å². The number of hydrogen-bond donors (Lipinski definition) is 1. The van der Waals surface area contributed by atoms with E-state index in [4.69, 9.17) is 4.74 Å². The van der Waals surface area contributed by atoms with E-state index in [1.807, 2.05) is 0 Å². The van der Waals surface area contributed by atoms with Crippen LogP contribution >= 0.6 is 0 Å². The number of carbonyl (C=O) groups excluding carboxylic acids is 1. The van der Waals surface area contributed by atoms with Crippen LogP contribution < -0.4 is 9.46 Å². The van der Waals surface area contributed by atoms with E-state index in [0.29, 0.717) is 18.8 Å². The summed E-state index contributed by atoms with van der Waals surface area (Å²) in [6.45, 7) is 1.13. The average Bonchev–Trinajstić information content (AvgIpc) is 2.45. The largest absolute Gasteiger partial charge is 0.493 e. The fourth-order valence-electron chi connectivity index (χ4n) is 2.57. The molecule has 1 aliphatic heterocycles. The van der Waals surface area contributed by atoms with Crippen molar-refractivity contribution in [3.63, 3.8) is 0 Å². The van der Waals surface area contributed by atoms with Gasteiger partial charge in [0.25, 0.3) is 0 Å². The second-order valence-corrected chi connectivity index (χ2v) is 7.40. The molecule has 0 saturated carbocycles. The van der Waals surface area contributed by atoms with Crippen LogP contribution in [0.5, 0.6) is 5.75 Å². The zero-order valence-electron chi connectivity index (χ0n) is 13.0. The molecule has 1 aromatic rings. The van der Waals surface area contributed by atoms with Crippen LogP contribution in [0.2, 0.25) is 0 Å². The van der Waals surface area contributed by atoms with Crippen molar-refractivity contribution in [2.24, 2.45) is 0 Å². The molecule has 23 heavy (non-hydrogen) atoms. The van der Waals surface area contributed by atoms with Crippen molar-refractivity contribution in [2.75, 3.05) is 26.0 Å². The third-order valence-electron chi connectivity index (χ3n) is 3.54. The van der Waals surface area contributed by atoms with Gasteiger partial charge < -0.3 is 9.64 Å². The quantitative estimate of drug-likeness (QED) is 0.839. The molecule has 0 aliphatic carbocycles. The molecular formula is C15H21FN2O4S. The van der Waals surface area contributed by atoms with Gasteiger partial charge in [0.1, 0.15) is 11.6 Å². The molecule has 1 heterocycles. The topological polar surface area (TPSA) is 75.7 Å². The van der Waals surface area contributed by atoms with Gasteiger partial charge in [0.2, 0.25) is 15.9 Å². The summed E-state index contributed by atoms with van der Waals surface area (Å²) in [6, 6.07) is 5.50. The Labute approximate surface area is 135 Å². The Bertz CT molecular complexity index is 651. The molecule has 1 saturated heterocycles. The maximum Gasteiger partial charge on any atom is 0.226 e. The molecule has 1 aliphatic rings. The van der Waals surface area contributed by atoms with E-state index in [1.165, 1.54) is 12.1 Å². The number of benzene rings is 1. The predicted molar refractivity (Wildman–Crippen MR) is 84.1 cm³/mol. The van der Waals surface area contributed by atoms with Crippen molar-refractivity contribution in [1.29, 1.82) is 0 Å². The highest BCUT2D eigenvalue weighted by Gasteiger charge is 2.25. The first-order valence-electron chi connectivity index (χ1n) is 7.47. The van der Waals surface area contributed by atoms with Gasteiger partial charge in [-0.25, -0.2) is 17.5 Å². The lowest BCUT2D eigenvalue weighted by Gasteiger charge is -2.32. The molecule has 0 spiro atoms. The lowest BCUT2D eigenvalue weighted by atomic mass is 10.1. The molecule has 1 N–H and O–H groups in total. The van der Waals surface area contributed by atoms with Crippen LogP contribution in [0, 0.1) is 5.82 Å². The molecule has 0 unspecified atom stereocenters. The number of nitrogens with one attached hydrogen (secondary N) is 1. The zero-order chi connectivity index (χ0) is 16.9. The molecule has 0 bridgehead atoms. The van der Waals surface area contributed by atoms with Gasteiger partial charge in [-0.15, -0.1) is 0 Å². The molecule has 128 valence electrons. The van der Waals surface area contributed by atoms with Crippen molar-refractivity contribution >= 4 is 15.9 Å². The van der Waals surface area contributed by atoms with Crippen LogP contribution in [0.4, 0.5) is 4.39 Å². The van der Waals surface area contributed by atoms with E-state index in [1.54, 1.807) is 17.0 Å². The summed E-state index contributed by atoms with van der Waals surface area (Å²) in [5.41, 5.74) is 0. The van der Waals surface area contributed by atoms with Gasteiger partial charge in [-0.2, -0.15) is 0 Å². The average molecular weight is 344 g/mol. The maximum atomic E-state index is 13.0. The van der Waals surface area contributed by atoms with Crippen molar-refractivity contribution in [3.8, 4) is 5.75 Å². The van der Waals surface area contributed by atoms with Gasteiger partial charge in [0, 0.05) is 25.2 Å². The van der Waals surface area contributed by atoms with Crippen LogP contribution in [-0.4, -0.2) is 51.2 Å². The Morgan fingerprint density at radius 1 is 1.48 bits per heavy atom. The molecule has 1 atom stereocenters. The Morgan fingerprint density at radius 2 is 2.26 bits per heavy atom. The summed E-state index contributed by atoms with van der Waals surface area (Å²) in [4.78, 5) is 13.8. The molecule has 0 radical (unpaired) electrons. The number of piperidine rings is 1. The molecule has 6 nitrogen and oxygen atoms in total. The van der Waals surface area contributed by atoms with Crippen molar-refractivity contribution in [1.82, 2.24) is 9.62 Å². The predicted octanol–water partition coefficient (Wildman–Crippen LogP) is 1.13. The second-order valence-electron chi connectivity index (χ2n) is 5.62. The Morgan fingerprint density at radius 3 is 2.96 bits per heavy atom. The molecule has 0 aromatic heterocycles. The van der Waals surface area contributed by atoms with Crippen molar-refractivity contribution in [3.05, 3.63) is 30.1 Å². The van der Waals surface area contributed by atoms with Crippen LogP contribution in [0.3, 0.4) is 0 Å². The summed E-state index contributed by atoms with van der Waals surface area (Å²) in [5.74, 6) is -0.103. The standard InChI is InChI=1S/C15H21FN2O4S/c1-23(20,21)17-13-5-3-8-18(11-13)15(19)7-9-22-14-6-2-4-12(16)10-14/h2,4,6,10,13,17H,3,5,7-9,11H2,1H3/t13-/m0/s1. The second kappa shape index (κ2) is 7.74. The summed E-state index contributed by atoms with van der Waals surface area (Å²) >= 11 is 0. The maximum absolute atomic E-state index is 13.0. The number of halogens is 1. The van der Waals surface area contributed by atoms with E-state index in [0.717, 1.165) is 19.1 Å².